The molecule has 1 aliphatic carbocycles. The quantitative estimate of drug-likeness (QED) is 0.561. The van der Waals surface area contributed by atoms with Gasteiger partial charge in [0.2, 0.25) is 5.91 Å². The number of nitrogens with two attached hydrogens (primary N) is 1. The molecule has 3 N–H and O–H groups in total. The van der Waals surface area contributed by atoms with Gasteiger partial charge in [-0.25, -0.2) is 0 Å². The van der Waals surface area contributed by atoms with Gasteiger partial charge in [0, 0.05) is 8.22 Å². The molecular formula is C8H14N2O. The Morgan fingerprint density at radius 1 is 1.82 bits per heavy atom. The Balaban J connectivity index is 2.59. The van der Waals surface area contributed by atoms with Gasteiger partial charge in [-0.1, -0.05) is 6.85 Å². The van der Waals surface area contributed by atoms with Crippen molar-refractivity contribution in [1.29, 1.82) is 0 Å². The van der Waals surface area contributed by atoms with Crippen molar-refractivity contribution in [2.45, 2.75) is 25.7 Å². The van der Waals surface area contributed by atoms with Crippen LogP contribution in [0.3, 0.4) is 0 Å². The summed E-state index contributed by atoms with van der Waals surface area (Å²) < 4.78 is 45.1. The molecule has 2 fully saturated rings. The summed E-state index contributed by atoms with van der Waals surface area (Å²) >= 11 is 0. The number of primary amides is 1. The van der Waals surface area contributed by atoms with Crippen LogP contribution < -0.4 is 11.1 Å². The van der Waals surface area contributed by atoms with Crippen molar-refractivity contribution in [2.75, 3.05) is 6.54 Å². The molecule has 1 saturated heterocycles. The number of carbonyl (C=O) groups is 1. The Bertz CT molecular complexity index is 377. The first-order chi connectivity index (χ1) is 7.51. The van der Waals surface area contributed by atoms with E-state index in [1.165, 1.54) is 0 Å². The third-order valence-electron chi connectivity index (χ3n) is 2.76. The van der Waals surface area contributed by atoms with Gasteiger partial charge in [-0.2, -0.15) is 0 Å². The SMILES string of the molecule is [2H]C([2H])([2H])C1(C(N)=O)NCC2CC21C([2H])([2H])[2H]. The molecule has 11 heavy (non-hydrogen) atoms. The van der Waals surface area contributed by atoms with Gasteiger partial charge in [0.05, 0.1) is 0 Å². The molecule has 1 saturated carbocycles. The fraction of sp³-hybridized carbons (Fsp3) is 0.875. The lowest BCUT2D eigenvalue weighted by Gasteiger charge is -2.29. The Labute approximate surface area is 74.8 Å². The van der Waals surface area contributed by atoms with E-state index in [0.29, 0.717) is 0 Å². The minimum absolute atomic E-state index is 0.206. The number of hydrogen-bond acceptors (Lipinski definition) is 2. The van der Waals surface area contributed by atoms with E-state index in [0.717, 1.165) is 0 Å². The van der Waals surface area contributed by atoms with Gasteiger partial charge in [-0.15, -0.1) is 0 Å². The minimum atomic E-state index is -2.77. The molecule has 0 aromatic heterocycles. The van der Waals surface area contributed by atoms with Crippen LogP contribution in [-0.2, 0) is 4.79 Å². The van der Waals surface area contributed by atoms with E-state index in [1.807, 2.05) is 0 Å². The first-order valence-corrected chi connectivity index (χ1v) is 3.56. The highest BCUT2D eigenvalue weighted by Crippen LogP contribution is 2.62. The fourth-order valence-electron chi connectivity index (χ4n) is 1.78. The van der Waals surface area contributed by atoms with E-state index >= 15 is 0 Å². The zero-order valence-corrected chi connectivity index (χ0v) is 5.98. The fourth-order valence-corrected chi connectivity index (χ4v) is 1.78. The second-order valence-electron chi connectivity index (χ2n) is 3.37. The van der Waals surface area contributed by atoms with Gasteiger partial charge in [0.25, 0.3) is 0 Å². The number of hydrogen-bond donors (Lipinski definition) is 2. The van der Waals surface area contributed by atoms with Gasteiger partial charge in [-0.05, 0) is 31.2 Å². The van der Waals surface area contributed by atoms with Crippen molar-refractivity contribution >= 4 is 5.91 Å². The van der Waals surface area contributed by atoms with Crippen LogP contribution in [0.2, 0.25) is 0 Å². The third kappa shape index (κ3) is 0.601. The van der Waals surface area contributed by atoms with Crippen LogP contribution in [0.5, 0.6) is 0 Å². The first-order valence-electron chi connectivity index (χ1n) is 6.56. The third-order valence-corrected chi connectivity index (χ3v) is 2.76. The van der Waals surface area contributed by atoms with Gasteiger partial charge >= 0.3 is 0 Å². The number of piperidine rings is 1. The maximum atomic E-state index is 11.6. The van der Waals surface area contributed by atoms with Gasteiger partial charge in [0.1, 0.15) is 5.54 Å². The van der Waals surface area contributed by atoms with Crippen LogP contribution in [0, 0.1) is 11.3 Å². The van der Waals surface area contributed by atoms with Gasteiger partial charge < -0.3 is 11.1 Å². The molecule has 3 nitrogen and oxygen atoms in total. The van der Waals surface area contributed by atoms with Crippen molar-refractivity contribution in [3.05, 3.63) is 0 Å². The second-order valence-corrected chi connectivity index (χ2v) is 3.37. The summed E-state index contributed by atoms with van der Waals surface area (Å²) in [6.45, 7) is -5.07. The average molecular weight is 160 g/mol. The first kappa shape index (κ1) is 3.05. The Morgan fingerprint density at radius 3 is 3.00 bits per heavy atom. The highest BCUT2D eigenvalue weighted by molar-refractivity contribution is 5.86. The molecule has 1 heterocycles. The highest BCUT2D eigenvalue weighted by atomic mass is 16.1. The van der Waals surface area contributed by atoms with Gasteiger partial charge in [-0.3, -0.25) is 4.79 Å². The van der Waals surface area contributed by atoms with E-state index < -0.39 is 30.6 Å². The van der Waals surface area contributed by atoms with E-state index in [4.69, 9.17) is 14.0 Å². The van der Waals surface area contributed by atoms with E-state index in [-0.39, 0.29) is 18.9 Å². The smallest absolute Gasteiger partial charge is 0.238 e. The van der Waals surface area contributed by atoms with Crippen LogP contribution in [0.25, 0.3) is 0 Å². The zero-order valence-electron chi connectivity index (χ0n) is 12.0. The van der Waals surface area contributed by atoms with Crippen molar-refractivity contribution < 1.29 is 13.0 Å². The number of rotatable bonds is 1. The van der Waals surface area contributed by atoms with Crippen LogP contribution in [-0.4, -0.2) is 18.0 Å². The number of amides is 1. The highest BCUT2D eigenvalue weighted by Gasteiger charge is 2.68. The predicted molar refractivity (Wildman–Crippen MR) is 41.8 cm³/mol. The molecule has 0 radical (unpaired) electrons. The van der Waals surface area contributed by atoms with Crippen LogP contribution in [0.15, 0.2) is 0 Å². The molecule has 0 spiro atoms. The lowest BCUT2D eigenvalue weighted by Crippen LogP contribution is -2.55. The zero-order chi connectivity index (χ0) is 13.3. The normalized spacial score (nSPS) is 64.2. The summed E-state index contributed by atoms with van der Waals surface area (Å²) in [5.41, 5.74) is 1.55. The summed E-state index contributed by atoms with van der Waals surface area (Å²) in [5.74, 6) is -1.42. The minimum Gasteiger partial charge on any atom is -0.368 e. The van der Waals surface area contributed by atoms with E-state index in [2.05, 4.69) is 5.32 Å². The summed E-state index contributed by atoms with van der Waals surface area (Å²) in [4.78, 5) is 11.6. The molecule has 62 valence electrons. The standard InChI is InChI=1S/C8H14N2O/c1-7-3-5(7)4-10-8(7,2)6(9)11/h5,10H,3-4H2,1-2H3,(H2,9,11)/i1D3,2D3. The lowest BCUT2D eigenvalue weighted by atomic mass is 9.84. The predicted octanol–water partition coefficient (Wildman–Crippen LogP) is -0.140. The lowest BCUT2D eigenvalue weighted by molar-refractivity contribution is -0.125. The average Bonchev–Trinajstić information content (AvgIpc) is 2.71. The molecule has 2 aliphatic rings. The molecule has 3 atom stereocenters. The second kappa shape index (κ2) is 1.61. The number of fused-ring (bicyclic) bond motifs is 1. The molecule has 1 amide bonds. The van der Waals surface area contributed by atoms with Crippen molar-refractivity contribution in [1.82, 2.24) is 5.32 Å². The van der Waals surface area contributed by atoms with Crippen molar-refractivity contribution in [2.24, 2.45) is 17.1 Å². The Kier molecular flexibility index (Phi) is 0.446. The maximum Gasteiger partial charge on any atom is 0.238 e. The van der Waals surface area contributed by atoms with E-state index in [9.17, 15) is 4.79 Å². The molecule has 3 heteroatoms. The van der Waals surface area contributed by atoms with E-state index in [1.54, 1.807) is 0 Å². The number of nitrogens with one attached hydrogen (secondary N) is 1. The molecule has 3 unspecified atom stereocenters. The van der Waals surface area contributed by atoms with Gasteiger partial charge in [0.15, 0.2) is 0 Å². The maximum absolute atomic E-state index is 11.6. The molecule has 1 aliphatic heterocycles. The Hall–Kier alpha value is -0.570. The molecule has 2 rings (SSSR count). The molecule has 0 aromatic carbocycles. The summed E-state index contributed by atoms with van der Waals surface area (Å²) in [5, 5.41) is 2.56. The number of carbonyl (C=O) groups excluding carboxylic acids is 1. The summed E-state index contributed by atoms with van der Waals surface area (Å²) in [6, 6.07) is 0. The van der Waals surface area contributed by atoms with Crippen molar-refractivity contribution in [3.63, 3.8) is 0 Å². The molecule has 0 aromatic rings. The summed E-state index contributed by atoms with van der Waals surface area (Å²) in [6.07, 6.45) is 0.206. The topological polar surface area (TPSA) is 55.1 Å². The Morgan fingerprint density at radius 2 is 2.64 bits per heavy atom. The monoisotopic (exact) mass is 160 g/mol. The summed E-state index contributed by atoms with van der Waals surface area (Å²) in [7, 11) is 0. The van der Waals surface area contributed by atoms with Crippen LogP contribution >= 0.6 is 0 Å². The van der Waals surface area contributed by atoms with Crippen molar-refractivity contribution in [3.8, 4) is 0 Å². The van der Waals surface area contributed by atoms with Crippen LogP contribution in [0.1, 0.15) is 28.3 Å². The molecular weight excluding hydrogens is 140 g/mol. The largest absolute Gasteiger partial charge is 0.368 e. The molecule has 0 bridgehead atoms. The van der Waals surface area contributed by atoms with Crippen LogP contribution in [0.4, 0.5) is 0 Å².